The molecule has 3 nitrogen and oxygen atoms in total. The number of rotatable bonds is 4. The monoisotopic (exact) mass is 180 g/mol. The van der Waals surface area contributed by atoms with E-state index in [1.165, 1.54) is 12.7 Å². The normalized spacial score (nSPS) is 9.62. The smallest absolute Gasteiger partial charge is 0.361 e. The lowest BCUT2D eigenvalue weighted by molar-refractivity contribution is -0.661. The minimum absolute atomic E-state index is 0.184. The number of carbonyl (C=O) groups excluding carboxylic acids is 1. The van der Waals surface area contributed by atoms with Crippen molar-refractivity contribution in [3.63, 3.8) is 0 Å². The highest BCUT2D eigenvalue weighted by molar-refractivity contribution is 5.69. The van der Waals surface area contributed by atoms with Crippen LogP contribution in [0.2, 0.25) is 0 Å². The van der Waals surface area contributed by atoms with Crippen molar-refractivity contribution in [1.82, 2.24) is 0 Å². The third-order valence-electron chi connectivity index (χ3n) is 1.76. The maximum Gasteiger partial charge on any atom is 0.361 e. The highest BCUT2D eigenvalue weighted by Crippen LogP contribution is 1.94. The Labute approximate surface area is 77.7 Å². The van der Waals surface area contributed by atoms with Crippen LogP contribution in [0.5, 0.6) is 0 Å². The molecule has 0 aliphatic rings. The SMILES string of the molecule is COC(=O)C[NH2+]Cc1ccccc1. The molecule has 1 aromatic rings. The van der Waals surface area contributed by atoms with Crippen molar-refractivity contribution in [3.05, 3.63) is 35.9 Å². The number of hydrogen-bond acceptors (Lipinski definition) is 2. The van der Waals surface area contributed by atoms with Gasteiger partial charge < -0.3 is 10.1 Å². The quantitative estimate of drug-likeness (QED) is 0.659. The third kappa shape index (κ3) is 3.71. The molecular weight excluding hydrogens is 166 g/mol. The minimum Gasteiger partial charge on any atom is -0.465 e. The minimum atomic E-state index is -0.184. The largest absolute Gasteiger partial charge is 0.465 e. The Bertz CT molecular complexity index is 259. The second kappa shape index (κ2) is 5.32. The van der Waals surface area contributed by atoms with E-state index in [1.807, 2.05) is 35.6 Å². The molecule has 70 valence electrons. The first-order valence-electron chi connectivity index (χ1n) is 4.25. The summed E-state index contributed by atoms with van der Waals surface area (Å²) in [6.45, 7) is 1.20. The molecule has 13 heavy (non-hydrogen) atoms. The average Bonchev–Trinajstić information content (AvgIpc) is 2.19. The molecule has 0 radical (unpaired) electrons. The van der Waals surface area contributed by atoms with Crippen molar-refractivity contribution >= 4 is 5.97 Å². The number of ether oxygens (including phenoxy) is 1. The molecule has 0 amide bonds. The van der Waals surface area contributed by atoms with Gasteiger partial charge in [-0.25, -0.2) is 4.79 Å². The van der Waals surface area contributed by atoms with Crippen molar-refractivity contribution in [3.8, 4) is 0 Å². The molecule has 0 aliphatic carbocycles. The number of methoxy groups -OCH3 is 1. The van der Waals surface area contributed by atoms with Crippen molar-refractivity contribution in [1.29, 1.82) is 0 Å². The summed E-state index contributed by atoms with van der Waals surface area (Å²) in [5.74, 6) is -0.184. The molecule has 0 saturated heterocycles. The van der Waals surface area contributed by atoms with Gasteiger partial charge in [-0.1, -0.05) is 30.3 Å². The molecule has 1 aromatic carbocycles. The Kier molecular flexibility index (Phi) is 3.99. The highest BCUT2D eigenvalue weighted by Gasteiger charge is 2.01. The molecule has 0 heterocycles. The van der Waals surface area contributed by atoms with Crippen LogP contribution in [0.1, 0.15) is 5.56 Å². The molecule has 0 fully saturated rings. The lowest BCUT2D eigenvalue weighted by atomic mass is 10.2. The van der Waals surface area contributed by atoms with E-state index < -0.39 is 0 Å². The van der Waals surface area contributed by atoms with Crippen LogP contribution < -0.4 is 5.32 Å². The van der Waals surface area contributed by atoms with Crippen molar-refractivity contribution in [2.24, 2.45) is 0 Å². The first kappa shape index (κ1) is 9.74. The summed E-state index contributed by atoms with van der Waals surface area (Å²) in [6.07, 6.45) is 0. The maximum atomic E-state index is 10.7. The summed E-state index contributed by atoms with van der Waals surface area (Å²) >= 11 is 0. The number of nitrogens with two attached hydrogens (primary N) is 1. The predicted molar refractivity (Wildman–Crippen MR) is 49.0 cm³/mol. The first-order chi connectivity index (χ1) is 6.33. The van der Waals surface area contributed by atoms with Crippen molar-refractivity contribution < 1.29 is 14.8 Å². The van der Waals surface area contributed by atoms with Gasteiger partial charge in [-0.15, -0.1) is 0 Å². The van der Waals surface area contributed by atoms with E-state index in [1.54, 1.807) is 0 Å². The second-order valence-electron chi connectivity index (χ2n) is 2.76. The van der Waals surface area contributed by atoms with Gasteiger partial charge >= 0.3 is 5.97 Å². The fourth-order valence-electron chi connectivity index (χ4n) is 1.05. The molecule has 2 N–H and O–H groups in total. The standard InChI is InChI=1S/C10H13NO2/c1-13-10(12)8-11-7-9-5-3-2-4-6-9/h2-6,11H,7-8H2,1H3/p+1. The van der Waals surface area contributed by atoms with Gasteiger partial charge in [0, 0.05) is 5.56 Å². The van der Waals surface area contributed by atoms with Crippen molar-refractivity contribution in [2.45, 2.75) is 6.54 Å². The number of benzene rings is 1. The van der Waals surface area contributed by atoms with Crippen LogP contribution in [0, 0.1) is 0 Å². The predicted octanol–water partition coefficient (Wildman–Crippen LogP) is -0.0770. The van der Waals surface area contributed by atoms with E-state index in [-0.39, 0.29) is 5.97 Å². The topological polar surface area (TPSA) is 42.9 Å². The Morgan fingerprint density at radius 2 is 2.08 bits per heavy atom. The Morgan fingerprint density at radius 1 is 1.38 bits per heavy atom. The average molecular weight is 180 g/mol. The van der Waals surface area contributed by atoms with Crippen LogP contribution in [-0.4, -0.2) is 19.6 Å². The van der Waals surface area contributed by atoms with Gasteiger partial charge in [0.25, 0.3) is 0 Å². The number of hydrogen-bond donors (Lipinski definition) is 1. The molecule has 0 bridgehead atoms. The van der Waals surface area contributed by atoms with E-state index in [4.69, 9.17) is 0 Å². The Morgan fingerprint density at radius 3 is 2.69 bits per heavy atom. The van der Waals surface area contributed by atoms with Gasteiger partial charge in [-0.3, -0.25) is 0 Å². The first-order valence-corrected chi connectivity index (χ1v) is 4.25. The zero-order chi connectivity index (χ0) is 9.52. The molecule has 0 saturated carbocycles. The van der Waals surface area contributed by atoms with E-state index in [0.29, 0.717) is 6.54 Å². The molecule has 0 unspecified atom stereocenters. The second-order valence-corrected chi connectivity index (χ2v) is 2.76. The van der Waals surface area contributed by atoms with E-state index >= 15 is 0 Å². The highest BCUT2D eigenvalue weighted by atomic mass is 16.5. The van der Waals surface area contributed by atoms with E-state index in [9.17, 15) is 4.79 Å². The Hall–Kier alpha value is -1.35. The molecule has 0 aromatic heterocycles. The fraction of sp³-hybridized carbons (Fsp3) is 0.300. The molecular formula is C10H14NO2+. The summed E-state index contributed by atoms with van der Waals surface area (Å²) in [5, 5.41) is 1.92. The summed E-state index contributed by atoms with van der Waals surface area (Å²) in [6, 6.07) is 10.0. The van der Waals surface area contributed by atoms with Crippen LogP contribution in [0.25, 0.3) is 0 Å². The Balaban J connectivity index is 2.24. The van der Waals surface area contributed by atoms with Crippen LogP contribution in [-0.2, 0) is 16.1 Å². The third-order valence-corrected chi connectivity index (χ3v) is 1.76. The van der Waals surface area contributed by atoms with E-state index in [0.717, 1.165) is 6.54 Å². The summed E-state index contributed by atoms with van der Waals surface area (Å²) in [7, 11) is 1.40. The zero-order valence-electron chi connectivity index (χ0n) is 7.69. The van der Waals surface area contributed by atoms with Crippen LogP contribution in [0.3, 0.4) is 0 Å². The molecule has 3 heteroatoms. The maximum absolute atomic E-state index is 10.7. The number of quaternary nitrogens is 1. The van der Waals surface area contributed by atoms with Gasteiger partial charge in [0.15, 0.2) is 6.54 Å². The van der Waals surface area contributed by atoms with Crippen LogP contribution in [0.4, 0.5) is 0 Å². The molecule has 0 spiro atoms. The van der Waals surface area contributed by atoms with Crippen molar-refractivity contribution in [2.75, 3.05) is 13.7 Å². The summed E-state index contributed by atoms with van der Waals surface area (Å²) in [4.78, 5) is 10.7. The van der Waals surface area contributed by atoms with Gasteiger partial charge in [0.2, 0.25) is 0 Å². The molecule has 0 atom stereocenters. The van der Waals surface area contributed by atoms with Crippen LogP contribution in [0.15, 0.2) is 30.3 Å². The fourth-order valence-corrected chi connectivity index (χ4v) is 1.05. The lowest BCUT2D eigenvalue weighted by Crippen LogP contribution is -2.84. The van der Waals surface area contributed by atoms with Crippen LogP contribution >= 0.6 is 0 Å². The number of esters is 1. The van der Waals surface area contributed by atoms with Gasteiger partial charge in [0.05, 0.1) is 7.11 Å². The van der Waals surface area contributed by atoms with E-state index in [2.05, 4.69) is 4.74 Å². The molecule has 1 rings (SSSR count). The summed E-state index contributed by atoms with van der Waals surface area (Å²) < 4.78 is 4.52. The zero-order valence-corrected chi connectivity index (χ0v) is 7.69. The summed E-state index contributed by atoms with van der Waals surface area (Å²) in [5.41, 5.74) is 1.21. The lowest BCUT2D eigenvalue weighted by Gasteiger charge is -1.99. The van der Waals surface area contributed by atoms with Gasteiger partial charge in [-0.05, 0) is 0 Å². The number of carbonyl (C=O) groups is 1. The van der Waals surface area contributed by atoms with Gasteiger partial charge in [-0.2, -0.15) is 0 Å². The molecule has 0 aliphatic heterocycles. The van der Waals surface area contributed by atoms with Gasteiger partial charge in [0.1, 0.15) is 6.54 Å².